The summed E-state index contributed by atoms with van der Waals surface area (Å²) in [6, 6.07) is 8.90. The van der Waals surface area contributed by atoms with Crippen molar-refractivity contribution in [2.24, 2.45) is 11.7 Å². The van der Waals surface area contributed by atoms with Gasteiger partial charge in [-0.25, -0.2) is 0 Å². The molecule has 0 spiro atoms. The van der Waals surface area contributed by atoms with Gasteiger partial charge in [0.15, 0.2) is 6.54 Å². The first kappa shape index (κ1) is 19.2. The van der Waals surface area contributed by atoms with Crippen LogP contribution in [0.2, 0.25) is 0 Å². The molecule has 3 rings (SSSR count). The Morgan fingerprint density at radius 3 is 2.54 bits per heavy atom. The summed E-state index contributed by atoms with van der Waals surface area (Å²) in [5, 5.41) is 11.3. The summed E-state index contributed by atoms with van der Waals surface area (Å²) in [6.07, 6.45) is 4.95. The van der Waals surface area contributed by atoms with E-state index in [2.05, 4.69) is 43.0 Å². The van der Waals surface area contributed by atoms with Crippen LogP contribution in [-0.2, 0) is 4.79 Å². The number of piperidine rings is 1. The number of fused-ring (bicyclic) bond motifs is 1. The van der Waals surface area contributed by atoms with Gasteiger partial charge < -0.3 is 20.6 Å². The topological polar surface area (TPSA) is 71.0 Å². The quantitative estimate of drug-likeness (QED) is 0.715. The summed E-state index contributed by atoms with van der Waals surface area (Å²) < 4.78 is 0. The van der Waals surface area contributed by atoms with E-state index in [1.54, 1.807) is 0 Å². The van der Waals surface area contributed by atoms with Crippen LogP contribution in [0.1, 0.15) is 57.6 Å². The van der Waals surface area contributed by atoms with Gasteiger partial charge in [-0.1, -0.05) is 25.0 Å². The number of hydrogen-bond donors (Lipinski definition) is 3. The summed E-state index contributed by atoms with van der Waals surface area (Å²) in [6.45, 7) is 7.45. The third kappa shape index (κ3) is 3.74. The van der Waals surface area contributed by atoms with Crippen LogP contribution >= 0.6 is 0 Å². The zero-order valence-corrected chi connectivity index (χ0v) is 16.2. The Hall–Kier alpha value is -1.59. The van der Waals surface area contributed by atoms with Crippen molar-refractivity contribution in [3.8, 4) is 0 Å². The molecule has 4 atom stereocenters. The SMILES string of the molecule is CCN(CC)c1ccc([C@H]2[C@H]3CCCC[C@@]3(O)CC[NH+]2CC(N)=O)cc1. The number of benzene rings is 1. The zero-order valence-electron chi connectivity index (χ0n) is 16.2. The maximum Gasteiger partial charge on any atom is 0.272 e. The van der Waals surface area contributed by atoms with Crippen LogP contribution in [-0.4, -0.2) is 42.8 Å². The molecule has 5 heteroatoms. The van der Waals surface area contributed by atoms with Crippen LogP contribution in [0.4, 0.5) is 5.69 Å². The molecule has 1 aliphatic carbocycles. The number of hydrogen-bond acceptors (Lipinski definition) is 3. The van der Waals surface area contributed by atoms with Crippen LogP contribution in [0, 0.1) is 5.92 Å². The second-order valence-corrected chi connectivity index (χ2v) is 8.00. The predicted octanol–water partition coefficient (Wildman–Crippen LogP) is 1.27. The second-order valence-electron chi connectivity index (χ2n) is 8.00. The summed E-state index contributed by atoms with van der Waals surface area (Å²) in [5.41, 5.74) is 7.40. The molecule has 2 aliphatic rings. The number of nitrogens with two attached hydrogens (primary N) is 1. The molecule has 0 aromatic heterocycles. The monoisotopic (exact) mass is 360 g/mol. The van der Waals surface area contributed by atoms with Gasteiger partial charge in [0, 0.05) is 36.7 Å². The molecule has 1 aromatic carbocycles. The number of nitrogens with one attached hydrogen (secondary N) is 1. The number of carbonyl (C=O) groups is 1. The highest BCUT2D eigenvalue weighted by atomic mass is 16.3. The van der Waals surface area contributed by atoms with E-state index in [1.807, 2.05) is 0 Å². The number of primary amides is 1. The third-order valence-electron chi connectivity index (χ3n) is 6.57. The summed E-state index contributed by atoms with van der Waals surface area (Å²) in [5.74, 6) is -0.0512. The lowest BCUT2D eigenvalue weighted by Gasteiger charge is -2.50. The van der Waals surface area contributed by atoms with Gasteiger partial charge in [-0.15, -0.1) is 0 Å². The molecular formula is C21H34N3O2+. The van der Waals surface area contributed by atoms with Gasteiger partial charge in [0.2, 0.25) is 0 Å². The smallest absolute Gasteiger partial charge is 0.272 e. The van der Waals surface area contributed by atoms with Crippen LogP contribution < -0.4 is 15.5 Å². The van der Waals surface area contributed by atoms with Crippen molar-refractivity contribution in [3.05, 3.63) is 29.8 Å². The summed E-state index contributed by atoms with van der Waals surface area (Å²) in [7, 11) is 0. The van der Waals surface area contributed by atoms with Crippen molar-refractivity contribution in [1.82, 2.24) is 0 Å². The van der Waals surface area contributed by atoms with E-state index in [9.17, 15) is 9.90 Å². The van der Waals surface area contributed by atoms with E-state index in [0.29, 0.717) is 6.54 Å². The highest BCUT2D eigenvalue weighted by Crippen LogP contribution is 2.44. The van der Waals surface area contributed by atoms with E-state index in [1.165, 1.54) is 16.2 Å². The fourth-order valence-electron chi connectivity index (χ4n) is 5.23. The van der Waals surface area contributed by atoms with Crippen molar-refractivity contribution in [1.29, 1.82) is 0 Å². The van der Waals surface area contributed by atoms with E-state index < -0.39 is 5.60 Å². The molecule has 5 nitrogen and oxygen atoms in total. The van der Waals surface area contributed by atoms with Gasteiger partial charge in [-0.2, -0.15) is 0 Å². The van der Waals surface area contributed by atoms with Gasteiger partial charge in [0.25, 0.3) is 5.91 Å². The number of aliphatic hydroxyl groups is 1. The third-order valence-corrected chi connectivity index (χ3v) is 6.57. The lowest BCUT2D eigenvalue weighted by molar-refractivity contribution is -0.937. The number of anilines is 1. The van der Waals surface area contributed by atoms with Crippen LogP contribution in [0.5, 0.6) is 0 Å². The van der Waals surface area contributed by atoms with E-state index in [4.69, 9.17) is 5.73 Å². The lowest BCUT2D eigenvalue weighted by atomic mass is 9.66. The molecule has 1 saturated heterocycles. The number of quaternary nitrogens is 1. The fourth-order valence-corrected chi connectivity index (χ4v) is 5.23. The Morgan fingerprint density at radius 2 is 1.92 bits per heavy atom. The molecule has 144 valence electrons. The molecule has 1 heterocycles. The minimum Gasteiger partial charge on any atom is -0.389 e. The molecule has 0 bridgehead atoms. The Bertz CT molecular complexity index is 614. The minimum atomic E-state index is -0.582. The Balaban J connectivity index is 1.91. The molecule has 1 aromatic rings. The second kappa shape index (κ2) is 7.97. The molecule has 1 saturated carbocycles. The van der Waals surface area contributed by atoms with Crippen molar-refractivity contribution in [2.75, 3.05) is 31.1 Å². The van der Waals surface area contributed by atoms with Gasteiger partial charge in [-0.3, -0.25) is 4.79 Å². The van der Waals surface area contributed by atoms with Gasteiger partial charge >= 0.3 is 0 Å². The van der Waals surface area contributed by atoms with Crippen molar-refractivity contribution >= 4 is 11.6 Å². The van der Waals surface area contributed by atoms with Gasteiger partial charge in [-0.05, 0) is 38.8 Å². The first-order chi connectivity index (χ1) is 12.5. The van der Waals surface area contributed by atoms with Crippen molar-refractivity contribution in [2.45, 2.75) is 57.6 Å². The molecule has 0 radical (unpaired) electrons. The lowest BCUT2D eigenvalue weighted by Crippen LogP contribution is -3.16. The summed E-state index contributed by atoms with van der Waals surface area (Å²) in [4.78, 5) is 15.2. The molecule has 26 heavy (non-hydrogen) atoms. The Kier molecular flexibility index (Phi) is 5.88. The first-order valence-electron chi connectivity index (χ1n) is 10.2. The van der Waals surface area contributed by atoms with Crippen molar-refractivity contribution < 1.29 is 14.8 Å². The molecule has 1 unspecified atom stereocenters. The number of carbonyl (C=O) groups excluding carboxylic acids is 1. The highest BCUT2D eigenvalue weighted by Gasteiger charge is 2.51. The van der Waals surface area contributed by atoms with E-state index in [0.717, 1.165) is 51.7 Å². The molecule has 1 amide bonds. The number of amides is 1. The standard InChI is InChI=1S/C21H33N3O2/c1-3-23(4-2)17-10-8-16(9-11-17)20-18-7-5-6-12-21(18,26)13-14-24(20)15-19(22)25/h8-11,18,20,26H,3-7,12-15H2,1-2H3,(H2,22,25)/p+1/t18-,20+,21-/m1/s1. The molecule has 4 N–H and O–H groups in total. The van der Waals surface area contributed by atoms with Crippen molar-refractivity contribution in [3.63, 3.8) is 0 Å². The van der Waals surface area contributed by atoms with E-state index >= 15 is 0 Å². The van der Waals surface area contributed by atoms with Crippen LogP contribution in [0.3, 0.4) is 0 Å². The highest BCUT2D eigenvalue weighted by molar-refractivity contribution is 5.74. The van der Waals surface area contributed by atoms with Gasteiger partial charge in [0.05, 0.1) is 12.1 Å². The molecule has 1 aliphatic heterocycles. The maximum absolute atomic E-state index is 11.6. The fraction of sp³-hybridized carbons (Fsp3) is 0.667. The molecule has 2 fully saturated rings. The molecular weight excluding hydrogens is 326 g/mol. The minimum absolute atomic E-state index is 0.146. The number of nitrogens with zero attached hydrogens (tertiary/aromatic N) is 1. The normalized spacial score (nSPS) is 31.3. The van der Waals surface area contributed by atoms with Crippen LogP contribution in [0.15, 0.2) is 24.3 Å². The maximum atomic E-state index is 11.6. The Labute approximate surface area is 157 Å². The largest absolute Gasteiger partial charge is 0.389 e. The number of rotatable bonds is 6. The first-order valence-corrected chi connectivity index (χ1v) is 10.2. The predicted molar refractivity (Wildman–Crippen MR) is 104 cm³/mol. The zero-order chi connectivity index (χ0) is 18.7. The number of likely N-dealkylation sites (tertiary alicyclic amines) is 1. The summed E-state index contributed by atoms with van der Waals surface area (Å²) >= 11 is 0. The average molecular weight is 361 g/mol. The van der Waals surface area contributed by atoms with Crippen LogP contribution in [0.25, 0.3) is 0 Å². The van der Waals surface area contributed by atoms with Gasteiger partial charge in [0.1, 0.15) is 6.04 Å². The Morgan fingerprint density at radius 1 is 1.23 bits per heavy atom. The van der Waals surface area contributed by atoms with E-state index in [-0.39, 0.29) is 17.9 Å². The average Bonchev–Trinajstić information content (AvgIpc) is 2.63.